The molecule has 0 saturated heterocycles. The van der Waals surface area contributed by atoms with Crippen LogP contribution in [0.2, 0.25) is 0 Å². The smallest absolute Gasteiger partial charge is 0.252 e. The van der Waals surface area contributed by atoms with Gasteiger partial charge in [-0.1, -0.05) is 6.42 Å². The molecule has 0 aliphatic heterocycles. The second-order valence-electron chi connectivity index (χ2n) is 6.54. The molecule has 120 valence electrons. The largest absolute Gasteiger partial charge is 0.477 e. The van der Waals surface area contributed by atoms with Crippen molar-refractivity contribution in [2.45, 2.75) is 44.6 Å². The monoisotopic (exact) mass is 304 g/mol. The molecule has 1 amide bonds. The average molecular weight is 304 g/mol. The van der Waals surface area contributed by atoms with Gasteiger partial charge in [0.05, 0.1) is 18.3 Å². The Labute approximate surface area is 131 Å². The van der Waals surface area contributed by atoms with Crippen LogP contribution in [0, 0.1) is 11.8 Å². The van der Waals surface area contributed by atoms with Crippen LogP contribution in [-0.4, -0.2) is 35.3 Å². The summed E-state index contributed by atoms with van der Waals surface area (Å²) in [5.74, 6) is 1.54. The molecular formula is C17H24N2O3. The standard InChI is InChI=1S/C17H24N2O3/c20-15-3-1-2-13(8-15)9-19-17(21)14-6-7-16(18-10-14)22-11-12-4-5-12/h6-7,10,12-13,15,20H,1-5,8-9,11H2,(H,19,21). The number of hydrogen-bond acceptors (Lipinski definition) is 4. The minimum absolute atomic E-state index is 0.110. The highest BCUT2D eigenvalue weighted by molar-refractivity contribution is 5.93. The fourth-order valence-corrected chi connectivity index (χ4v) is 2.87. The van der Waals surface area contributed by atoms with Crippen molar-refractivity contribution < 1.29 is 14.6 Å². The van der Waals surface area contributed by atoms with Crippen LogP contribution in [0.3, 0.4) is 0 Å². The van der Waals surface area contributed by atoms with Crippen LogP contribution >= 0.6 is 0 Å². The van der Waals surface area contributed by atoms with Crippen LogP contribution < -0.4 is 10.1 Å². The predicted octanol–water partition coefficient (Wildman–Crippen LogP) is 2.15. The van der Waals surface area contributed by atoms with Crippen LogP contribution in [0.5, 0.6) is 5.88 Å². The van der Waals surface area contributed by atoms with Gasteiger partial charge in [0.25, 0.3) is 5.91 Å². The van der Waals surface area contributed by atoms with Gasteiger partial charge in [-0.2, -0.15) is 0 Å². The van der Waals surface area contributed by atoms with Crippen molar-refractivity contribution in [1.29, 1.82) is 0 Å². The van der Waals surface area contributed by atoms with Crippen molar-refractivity contribution >= 4 is 5.91 Å². The summed E-state index contributed by atoms with van der Waals surface area (Å²) in [5, 5.41) is 12.6. The third-order valence-corrected chi connectivity index (χ3v) is 4.47. The van der Waals surface area contributed by atoms with Crippen molar-refractivity contribution in [3.8, 4) is 5.88 Å². The van der Waals surface area contributed by atoms with Gasteiger partial charge in [0.15, 0.2) is 0 Å². The lowest BCUT2D eigenvalue weighted by molar-refractivity contribution is 0.0873. The molecule has 0 spiro atoms. The highest BCUT2D eigenvalue weighted by Crippen LogP contribution is 2.29. The molecule has 1 aromatic rings. The summed E-state index contributed by atoms with van der Waals surface area (Å²) in [5.41, 5.74) is 0.551. The maximum absolute atomic E-state index is 12.1. The number of carbonyl (C=O) groups is 1. The third kappa shape index (κ3) is 4.44. The highest BCUT2D eigenvalue weighted by atomic mass is 16.5. The number of aliphatic hydroxyl groups is 1. The molecule has 3 rings (SSSR count). The van der Waals surface area contributed by atoms with E-state index < -0.39 is 0 Å². The maximum atomic E-state index is 12.1. The van der Waals surface area contributed by atoms with Crippen molar-refractivity contribution in [1.82, 2.24) is 10.3 Å². The first-order valence-corrected chi connectivity index (χ1v) is 8.26. The molecule has 2 aliphatic rings. The number of hydrogen-bond donors (Lipinski definition) is 2. The van der Waals surface area contributed by atoms with E-state index in [-0.39, 0.29) is 12.0 Å². The molecule has 0 bridgehead atoms. The number of pyridine rings is 1. The molecule has 2 N–H and O–H groups in total. The summed E-state index contributed by atoms with van der Waals surface area (Å²) in [6.45, 7) is 1.35. The zero-order valence-electron chi connectivity index (χ0n) is 12.8. The molecule has 22 heavy (non-hydrogen) atoms. The minimum Gasteiger partial charge on any atom is -0.477 e. The van der Waals surface area contributed by atoms with E-state index in [0.29, 0.717) is 29.8 Å². The number of aliphatic hydroxyl groups excluding tert-OH is 1. The van der Waals surface area contributed by atoms with E-state index in [2.05, 4.69) is 10.3 Å². The lowest BCUT2D eigenvalue weighted by Gasteiger charge is -2.25. The summed E-state index contributed by atoms with van der Waals surface area (Å²) >= 11 is 0. The van der Waals surface area contributed by atoms with Crippen LogP contribution in [-0.2, 0) is 0 Å². The van der Waals surface area contributed by atoms with Crippen LogP contribution in [0.25, 0.3) is 0 Å². The van der Waals surface area contributed by atoms with E-state index in [4.69, 9.17) is 4.74 Å². The first kappa shape index (κ1) is 15.3. The Morgan fingerprint density at radius 3 is 2.82 bits per heavy atom. The minimum atomic E-state index is -0.208. The van der Waals surface area contributed by atoms with E-state index in [0.717, 1.165) is 32.3 Å². The van der Waals surface area contributed by atoms with Crippen molar-refractivity contribution in [2.24, 2.45) is 11.8 Å². The van der Waals surface area contributed by atoms with Gasteiger partial charge in [0.2, 0.25) is 5.88 Å². The number of nitrogens with zero attached hydrogens (tertiary/aromatic N) is 1. The Bertz CT molecular complexity index is 499. The van der Waals surface area contributed by atoms with Crippen LogP contribution in [0.1, 0.15) is 48.9 Å². The summed E-state index contributed by atoms with van der Waals surface area (Å²) in [6, 6.07) is 3.50. The van der Waals surface area contributed by atoms with Gasteiger partial charge < -0.3 is 15.2 Å². The summed E-state index contributed by atoms with van der Waals surface area (Å²) < 4.78 is 5.56. The zero-order valence-corrected chi connectivity index (χ0v) is 12.8. The van der Waals surface area contributed by atoms with Crippen molar-refractivity contribution in [2.75, 3.05) is 13.2 Å². The molecule has 2 aliphatic carbocycles. The molecule has 5 nitrogen and oxygen atoms in total. The van der Waals surface area contributed by atoms with E-state index in [1.165, 1.54) is 12.8 Å². The highest BCUT2D eigenvalue weighted by Gasteiger charge is 2.22. The molecule has 1 heterocycles. The number of amides is 1. The molecule has 1 aromatic heterocycles. The second-order valence-corrected chi connectivity index (χ2v) is 6.54. The first-order chi connectivity index (χ1) is 10.7. The van der Waals surface area contributed by atoms with Crippen molar-refractivity contribution in [3.63, 3.8) is 0 Å². The Morgan fingerprint density at radius 1 is 1.27 bits per heavy atom. The maximum Gasteiger partial charge on any atom is 0.252 e. The molecule has 2 atom stereocenters. The molecule has 5 heteroatoms. The molecule has 2 unspecified atom stereocenters. The predicted molar refractivity (Wildman–Crippen MR) is 82.8 cm³/mol. The summed E-state index contributed by atoms with van der Waals surface area (Å²) in [4.78, 5) is 16.3. The molecule has 2 fully saturated rings. The van der Waals surface area contributed by atoms with Gasteiger partial charge in [0, 0.05) is 18.8 Å². The fourth-order valence-electron chi connectivity index (χ4n) is 2.87. The molecule has 2 saturated carbocycles. The number of rotatable bonds is 6. The van der Waals surface area contributed by atoms with Gasteiger partial charge in [-0.15, -0.1) is 0 Å². The number of aromatic nitrogens is 1. The van der Waals surface area contributed by atoms with Gasteiger partial charge in [-0.25, -0.2) is 4.98 Å². The SMILES string of the molecule is O=C(NCC1CCCC(O)C1)c1ccc(OCC2CC2)nc1. The topological polar surface area (TPSA) is 71.5 Å². The third-order valence-electron chi connectivity index (χ3n) is 4.47. The molecular weight excluding hydrogens is 280 g/mol. The Balaban J connectivity index is 1.44. The van der Waals surface area contributed by atoms with Crippen molar-refractivity contribution in [3.05, 3.63) is 23.9 Å². The number of carbonyl (C=O) groups excluding carboxylic acids is 1. The normalized spacial score (nSPS) is 24.8. The van der Waals surface area contributed by atoms with E-state index >= 15 is 0 Å². The zero-order chi connectivity index (χ0) is 15.4. The Kier molecular flexibility index (Phi) is 4.93. The quantitative estimate of drug-likeness (QED) is 0.845. The van der Waals surface area contributed by atoms with Gasteiger partial charge in [-0.3, -0.25) is 4.79 Å². The van der Waals surface area contributed by atoms with Gasteiger partial charge >= 0.3 is 0 Å². The summed E-state index contributed by atoms with van der Waals surface area (Å²) in [6.07, 6.45) is 7.63. The molecule has 0 aromatic carbocycles. The lowest BCUT2D eigenvalue weighted by atomic mass is 9.87. The Morgan fingerprint density at radius 2 is 2.14 bits per heavy atom. The van der Waals surface area contributed by atoms with Crippen LogP contribution in [0.15, 0.2) is 18.3 Å². The number of nitrogens with one attached hydrogen (secondary N) is 1. The van der Waals surface area contributed by atoms with Crippen LogP contribution in [0.4, 0.5) is 0 Å². The van der Waals surface area contributed by atoms with E-state index in [1.807, 2.05) is 0 Å². The first-order valence-electron chi connectivity index (χ1n) is 8.26. The van der Waals surface area contributed by atoms with Gasteiger partial charge in [0.1, 0.15) is 0 Å². The van der Waals surface area contributed by atoms with Gasteiger partial charge in [-0.05, 0) is 50.0 Å². The average Bonchev–Trinajstić information content (AvgIpc) is 3.35. The molecule has 0 radical (unpaired) electrons. The van der Waals surface area contributed by atoms with E-state index in [1.54, 1.807) is 18.3 Å². The lowest BCUT2D eigenvalue weighted by Crippen LogP contribution is -2.33. The number of ether oxygens (including phenoxy) is 1. The summed E-state index contributed by atoms with van der Waals surface area (Å²) in [7, 11) is 0. The fraction of sp³-hybridized carbons (Fsp3) is 0.647. The Hall–Kier alpha value is -1.62. The second kappa shape index (κ2) is 7.09. The van der Waals surface area contributed by atoms with E-state index in [9.17, 15) is 9.90 Å².